The van der Waals surface area contributed by atoms with Crippen molar-refractivity contribution in [3.63, 3.8) is 0 Å². The van der Waals surface area contributed by atoms with Gasteiger partial charge in [-0.3, -0.25) is 0 Å². The summed E-state index contributed by atoms with van der Waals surface area (Å²) in [4.78, 5) is 19.1. The van der Waals surface area contributed by atoms with E-state index >= 15 is 0 Å². The Balaban J connectivity index is 0.000000331. The third kappa shape index (κ3) is 6.60. The maximum Gasteiger partial charge on any atom is 0.328 e. The van der Waals surface area contributed by atoms with Crippen molar-refractivity contribution >= 4 is 22.8 Å². The Hall–Kier alpha value is -3.78. The van der Waals surface area contributed by atoms with Crippen molar-refractivity contribution in [3.05, 3.63) is 71.9 Å². The Morgan fingerprint density at radius 2 is 1.70 bits per heavy atom. The summed E-state index contributed by atoms with van der Waals surface area (Å²) in [6.45, 7) is 3.60. The highest BCUT2D eigenvalue weighted by Crippen LogP contribution is 2.28. The van der Waals surface area contributed by atoms with Crippen molar-refractivity contribution < 1.29 is 29.3 Å². The maximum absolute atomic E-state index is 9.55. The Kier molecular flexibility index (Phi) is 8.49. The molecule has 1 aliphatic heterocycles. The molecule has 3 N–H and O–H groups in total. The first-order valence-corrected chi connectivity index (χ1v) is 10.7. The molecule has 1 aliphatic rings. The molecule has 8 nitrogen and oxygen atoms in total. The second kappa shape index (κ2) is 11.7. The second-order valence-corrected chi connectivity index (χ2v) is 7.38. The van der Waals surface area contributed by atoms with E-state index in [2.05, 4.69) is 34.1 Å². The summed E-state index contributed by atoms with van der Waals surface area (Å²) < 4.78 is 13.7. The average Bonchev–Trinajstić information content (AvgIpc) is 2.95. The van der Waals surface area contributed by atoms with Gasteiger partial charge in [0, 0.05) is 47.8 Å². The van der Waals surface area contributed by atoms with Crippen molar-refractivity contribution in [2.75, 3.05) is 26.8 Å². The highest BCUT2D eigenvalue weighted by atomic mass is 16.5. The molecule has 0 saturated carbocycles. The molecule has 2 aromatic carbocycles. The van der Waals surface area contributed by atoms with Gasteiger partial charge >= 0.3 is 11.9 Å². The van der Waals surface area contributed by atoms with Gasteiger partial charge in [-0.05, 0) is 36.7 Å². The van der Waals surface area contributed by atoms with E-state index in [0.717, 1.165) is 44.0 Å². The number of aliphatic carboxylic acids is 2. The van der Waals surface area contributed by atoms with Gasteiger partial charge in [-0.15, -0.1) is 0 Å². The maximum atomic E-state index is 9.55. The van der Waals surface area contributed by atoms with Crippen molar-refractivity contribution in [1.29, 1.82) is 0 Å². The molecule has 0 unspecified atom stereocenters. The van der Waals surface area contributed by atoms with Gasteiger partial charge in [-0.2, -0.15) is 0 Å². The zero-order chi connectivity index (χ0) is 23.6. The van der Waals surface area contributed by atoms with Crippen molar-refractivity contribution in [3.8, 4) is 11.5 Å². The number of benzene rings is 2. The van der Waals surface area contributed by atoms with Gasteiger partial charge in [0.15, 0.2) is 0 Å². The molecule has 0 bridgehead atoms. The fraction of sp³-hybridized carbons (Fsp3) is 0.280. The number of carboxylic acid groups (broad SMARTS) is 2. The van der Waals surface area contributed by atoms with E-state index in [9.17, 15) is 9.59 Å². The van der Waals surface area contributed by atoms with Crippen LogP contribution >= 0.6 is 0 Å². The molecule has 0 aliphatic carbocycles. The van der Waals surface area contributed by atoms with Crippen LogP contribution in [0.15, 0.2) is 60.7 Å². The van der Waals surface area contributed by atoms with E-state index in [1.165, 1.54) is 22.2 Å². The number of fused-ring (bicyclic) bond motifs is 3. The van der Waals surface area contributed by atoms with E-state index in [0.29, 0.717) is 18.8 Å². The van der Waals surface area contributed by atoms with Gasteiger partial charge in [0.05, 0.1) is 13.7 Å². The highest BCUT2D eigenvalue weighted by Gasteiger charge is 2.18. The monoisotopic (exact) mass is 452 g/mol. The average molecular weight is 453 g/mol. The number of methoxy groups -OCH3 is 1. The van der Waals surface area contributed by atoms with Gasteiger partial charge in [0.1, 0.15) is 18.1 Å². The molecule has 0 saturated heterocycles. The number of hydrogen-bond donors (Lipinski definition) is 3. The molecule has 33 heavy (non-hydrogen) atoms. The highest BCUT2D eigenvalue weighted by molar-refractivity contribution is 5.89. The summed E-state index contributed by atoms with van der Waals surface area (Å²) in [5.74, 6) is -0.841. The summed E-state index contributed by atoms with van der Waals surface area (Å²) in [7, 11) is 1.67. The quantitative estimate of drug-likeness (QED) is 0.473. The molecule has 4 rings (SSSR count). The number of rotatable bonds is 7. The van der Waals surface area contributed by atoms with Gasteiger partial charge in [-0.1, -0.05) is 24.3 Å². The SMILES string of the molecule is COc1cccc(OCCn2c3c(c4ccccc42)CCNCC3)c1.O=C(O)C=CC(=O)O. The van der Waals surface area contributed by atoms with Crippen LogP contribution in [0.4, 0.5) is 0 Å². The lowest BCUT2D eigenvalue weighted by molar-refractivity contribution is -0.134. The lowest BCUT2D eigenvalue weighted by Gasteiger charge is -2.12. The van der Waals surface area contributed by atoms with Gasteiger partial charge < -0.3 is 29.6 Å². The summed E-state index contributed by atoms with van der Waals surface area (Å²) in [5, 5.41) is 20.5. The normalized spacial score (nSPS) is 13.0. The van der Waals surface area contributed by atoms with Gasteiger partial charge in [0.2, 0.25) is 0 Å². The van der Waals surface area contributed by atoms with E-state index in [4.69, 9.17) is 19.7 Å². The smallest absolute Gasteiger partial charge is 0.328 e. The van der Waals surface area contributed by atoms with Gasteiger partial charge in [-0.25, -0.2) is 9.59 Å². The Morgan fingerprint density at radius 1 is 1.00 bits per heavy atom. The molecule has 1 aromatic heterocycles. The van der Waals surface area contributed by atoms with Crippen LogP contribution in [0.1, 0.15) is 11.3 Å². The topological polar surface area (TPSA) is 110 Å². The minimum absolute atomic E-state index is 0.558. The summed E-state index contributed by atoms with van der Waals surface area (Å²) in [6, 6.07) is 16.5. The second-order valence-electron chi connectivity index (χ2n) is 7.38. The van der Waals surface area contributed by atoms with Crippen LogP contribution in [-0.2, 0) is 29.0 Å². The fourth-order valence-corrected chi connectivity index (χ4v) is 3.88. The lowest BCUT2D eigenvalue weighted by atomic mass is 10.1. The standard InChI is InChI=1S/C21H24N2O2.C4H4O4/c1-24-16-5-4-6-17(15-16)25-14-13-23-20-8-3-2-7-18(20)19-9-11-22-12-10-21(19)23;5-3(6)1-2-4(7)8/h2-8,15,22H,9-14H2,1H3;1-2H,(H,5,6)(H,7,8). The molecule has 0 amide bonds. The number of carbonyl (C=O) groups is 2. The molecule has 0 atom stereocenters. The Morgan fingerprint density at radius 3 is 2.42 bits per heavy atom. The zero-order valence-electron chi connectivity index (χ0n) is 18.5. The Bertz CT molecular complexity index is 1120. The van der Waals surface area contributed by atoms with Crippen LogP contribution in [0, 0.1) is 0 Å². The molecule has 174 valence electrons. The third-order valence-corrected chi connectivity index (χ3v) is 5.28. The minimum Gasteiger partial charge on any atom is -0.497 e. The molecule has 2 heterocycles. The lowest BCUT2D eigenvalue weighted by Crippen LogP contribution is -2.18. The number of ether oxygens (including phenoxy) is 2. The van der Waals surface area contributed by atoms with Gasteiger partial charge in [0.25, 0.3) is 0 Å². The molecule has 3 aromatic rings. The molecule has 0 radical (unpaired) electrons. The summed E-state index contributed by atoms with van der Waals surface area (Å²) >= 11 is 0. The van der Waals surface area contributed by atoms with Crippen LogP contribution in [-0.4, -0.2) is 53.5 Å². The first kappa shape index (κ1) is 23.9. The predicted octanol–water partition coefficient (Wildman–Crippen LogP) is 3.13. The summed E-state index contributed by atoms with van der Waals surface area (Å²) in [5.41, 5.74) is 4.28. The van der Waals surface area contributed by atoms with E-state index < -0.39 is 11.9 Å². The van der Waals surface area contributed by atoms with Crippen LogP contribution in [0.5, 0.6) is 11.5 Å². The Labute approximate surface area is 192 Å². The fourth-order valence-electron chi connectivity index (χ4n) is 3.88. The van der Waals surface area contributed by atoms with E-state index in [-0.39, 0.29) is 0 Å². The van der Waals surface area contributed by atoms with E-state index in [1.54, 1.807) is 7.11 Å². The van der Waals surface area contributed by atoms with Crippen molar-refractivity contribution in [2.45, 2.75) is 19.4 Å². The predicted molar refractivity (Wildman–Crippen MR) is 125 cm³/mol. The molecule has 8 heteroatoms. The number of nitrogens with zero attached hydrogens (tertiary/aromatic N) is 1. The van der Waals surface area contributed by atoms with Crippen LogP contribution in [0.25, 0.3) is 10.9 Å². The molecular formula is C25H28N2O6. The number of aromatic nitrogens is 1. The number of hydrogen-bond acceptors (Lipinski definition) is 5. The zero-order valence-corrected chi connectivity index (χ0v) is 18.5. The largest absolute Gasteiger partial charge is 0.497 e. The van der Waals surface area contributed by atoms with Crippen LogP contribution < -0.4 is 14.8 Å². The van der Waals surface area contributed by atoms with Crippen LogP contribution in [0.2, 0.25) is 0 Å². The third-order valence-electron chi connectivity index (χ3n) is 5.28. The molecule has 0 fully saturated rings. The van der Waals surface area contributed by atoms with Crippen molar-refractivity contribution in [1.82, 2.24) is 9.88 Å². The minimum atomic E-state index is -1.26. The first-order chi connectivity index (χ1) is 16.0. The van der Waals surface area contributed by atoms with Crippen molar-refractivity contribution in [2.24, 2.45) is 0 Å². The number of carboxylic acids is 2. The molecule has 0 spiro atoms. The first-order valence-electron chi connectivity index (χ1n) is 10.7. The summed E-state index contributed by atoms with van der Waals surface area (Å²) in [6.07, 6.45) is 3.29. The van der Waals surface area contributed by atoms with Crippen LogP contribution in [0.3, 0.4) is 0 Å². The number of nitrogens with one attached hydrogen (secondary N) is 1. The van der Waals surface area contributed by atoms with E-state index in [1.807, 2.05) is 24.3 Å². The molecular weight excluding hydrogens is 424 g/mol. The number of para-hydroxylation sites is 1.